The van der Waals surface area contributed by atoms with Crippen molar-refractivity contribution in [3.63, 3.8) is 0 Å². The number of halogens is 2. The van der Waals surface area contributed by atoms with E-state index in [9.17, 15) is 12.8 Å². The van der Waals surface area contributed by atoms with Crippen LogP contribution in [0.2, 0.25) is 5.02 Å². The van der Waals surface area contributed by atoms with Gasteiger partial charge in [0, 0.05) is 35.3 Å². The average molecular weight is 377 g/mol. The molecule has 0 aliphatic heterocycles. The Hall–Kier alpha value is -1.85. The lowest BCUT2D eigenvalue weighted by Gasteiger charge is -2.12. The summed E-state index contributed by atoms with van der Waals surface area (Å²) >= 11 is 5.95. The average Bonchev–Trinajstić information content (AvgIpc) is 3.11. The molecule has 2 aromatic carbocycles. The van der Waals surface area contributed by atoms with Gasteiger partial charge in [-0.3, -0.25) is 0 Å². The first-order chi connectivity index (χ1) is 11.8. The van der Waals surface area contributed by atoms with Gasteiger partial charge in [-0.05, 0) is 48.2 Å². The monoisotopic (exact) mass is 376 g/mol. The molecule has 0 atom stereocenters. The number of benzene rings is 2. The molecule has 3 nitrogen and oxygen atoms in total. The number of fused-ring (bicyclic) bond motifs is 3. The Kier molecular flexibility index (Phi) is 3.89. The molecule has 6 heteroatoms. The Labute approximate surface area is 151 Å². The number of hydrogen-bond acceptors (Lipinski definition) is 2. The molecule has 0 bridgehead atoms. The molecule has 0 unspecified atom stereocenters. The quantitative estimate of drug-likeness (QED) is 0.680. The second-order valence-corrected chi connectivity index (χ2v) is 8.81. The highest BCUT2D eigenvalue weighted by Gasteiger charge is 2.27. The molecule has 129 valence electrons. The molecule has 25 heavy (non-hydrogen) atoms. The number of nitrogens with zero attached hydrogens (tertiary/aromatic N) is 1. The third-order valence-electron chi connectivity index (χ3n) is 4.62. The molecule has 0 saturated carbocycles. The molecule has 4 rings (SSSR count). The van der Waals surface area contributed by atoms with Crippen molar-refractivity contribution < 1.29 is 12.8 Å². The Morgan fingerprint density at radius 2 is 1.92 bits per heavy atom. The van der Waals surface area contributed by atoms with Crippen molar-refractivity contribution >= 4 is 32.3 Å². The fraction of sp³-hybridized carbons (Fsp3) is 0.211. The van der Waals surface area contributed by atoms with Crippen LogP contribution in [0.15, 0.2) is 41.3 Å². The summed E-state index contributed by atoms with van der Waals surface area (Å²) < 4.78 is 40.6. The number of sulfone groups is 1. The van der Waals surface area contributed by atoms with E-state index in [1.165, 1.54) is 6.07 Å². The molecular formula is C19H16ClFNO2S. The zero-order valence-electron chi connectivity index (χ0n) is 13.6. The third-order valence-corrected chi connectivity index (χ3v) is 5.98. The standard InChI is InChI=1S/C19H16ClFNO2S/c1-25(23,24)18-10-14(21)9-16-15-3-2-4-17(15)22(19(16)18)11-12-5-7-13(20)8-6-12/h4-10H,2-3,11H2,1H3. The molecule has 0 saturated heterocycles. The summed E-state index contributed by atoms with van der Waals surface area (Å²) in [6, 6.07) is 10.0. The highest BCUT2D eigenvalue weighted by molar-refractivity contribution is 7.91. The number of aryl methyl sites for hydroxylation is 1. The number of aromatic nitrogens is 1. The molecule has 1 aliphatic rings. The molecule has 1 aliphatic carbocycles. The van der Waals surface area contributed by atoms with Gasteiger partial charge in [0.1, 0.15) is 5.82 Å². The van der Waals surface area contributed by atoms with E-state index in [-0.39, 0.29) is 4.90 Å². The van der Waals surface area contributed by atoms with Gasteiger partial charge >= 0.3 is 0 Å². The van der Waals surface area contributed by atoms with Crippen LogP contribution in [-0.4, -0.2) is 19.2 Å². The molecule has 1 heterocycles. The molecule has 0 amide bonds. The Balaban J connectivity index is 2.01. The van der Waals surface area contributed by atoms with Gasteiger partial charge in [-0.2, -0.15) is 0 Å². The number of rotatable bonds is 3. The highest BCUT2D eigenvalue weighted by atomic mass is 35.5. The summed E-state index contributed by atoms with van der Waals surface area (Å²) in [4.78, 5) is 0.0410. The van der Waals surface area contributed by atoms with Crippen molar-refractivity contribution in [2.45, 2.75) is 24.3 Å². The van der Waals surface area contributed by atoms with Crippen molar-refractivity contribution in [1.29, 1.82) is 0 Å². The molecule has 3 aromatic rings. The minimum absolute atomic E-state index is 0.0410. The normalized spacial score (nSPS) is 14.2. The van der Waals surface area contributed by atoms with Crippen molar-refractivity contribution in [3.8, 4) is 0 Å². The lowest BCUT2D eigenvalue weighted by molar-refractivity contribution is 0.596. The largest absolute Gasteiger partial charge is 0.339 e. The Morgan fingerprint density at radius 1 is 1.20 bits per heavy atom. The molecule has 0 fully saturated rings. The van der Waals surface area contributed by atoms with Crippen molar-refractivity contribution in [2.24, 2.45) is 0 Å². The molecule has 1 aromatic heterocycles. The summed E-state index contributed by atoms with van der Waals surface area (Å²) in [5.74, 6) is -0.522. The van der Waals surface area contributed by atoms with Crippen molar-refractivity contribution in [3.05, 3.63) is 70.5 Å². The van der Waals surface area contributed by atoms with E-state index in [1.807, 2.05) is 28.8 Å². The van der Waals surface area contributed by atoms with E-state index in [0.29, 0.717) is 22.5 Å². The van der Waals surface area contributed by atoms with Crippen LogP contribution in [0.3, 0.4) is 0 Å². The highest BCUT2D eigenvalue weighted by Crippen LogP contribution is 2.38. The maximum atomic E-state index is 14.1. The zero-order chi connectivity index (χ0) is 17.8. The van der Waals surface area contributed by atoms with Crippen molar-refractivity contribution in [2.75, 3.05) is 6.26 Å². The van der Waals surface area contributed by atoms with E-state index >= 15 is 0 Å². The van der Waals surface area contributed by atoms with Crippen molar-refractivity contribution in [1.82, 2.24) is 4.57 Å². The summed E-state index contributed by atoms with van der Waals surface area (Å²) in [5, 5.41) is 1.34. The van der Waals surface area contributed by atoms with E-state index in [2.05, 4.69) is 6.42 Å². The lowest BCUT2D eigenvalue weighted by atomic mass is 10.1. The third kappa shape index (κ3) is 2.85. The first-order valence-corrected chi connectivity index (χ1v) is 10.2. The Morgan fingerprint density at radius 3 is 2.60 bits per heavy atom. The van der Waals surface area contributed by atoms with Crippen LogP contribution in [0.5, 0.6) is 0 Å². The van der Waals surface area contributed by atoms with E-state index in [4.69, 9.17) is 11.6 Å². The zero-order valence-corrected chi connectivity index (χ0v) is 15.2. The van der Waals surface area contributed by atoms with Crippen LogP contribution < -0.4 is 0 Å². The smallest absolute Gasteiger partial charge is 0.177 e. The molecule has 0 spiro atoms. The van der Waals surface area contributed by atoms with Crippen LogP contribution >= 0.6 is 11.6 Å². The predicted molar refractivity (Wildman–Crippen MR) is 97.3 cm³/mol. The van der Waals surface area contributed by atoms with Gasteiger partial charge in [0.25, 0.3) is 0 Å². The van der Waals surface area contributed by atoms with Gasteiger partial charge in [-0.1, -0.05) is 23.7 Å². The van der Waals surface area contributed by atoms with Crippen LogP contribution in [0, 0.1) is 12.2 Å². The first kappa shape index (κ1) is 16.6. The van der Waals surface area contributed by atoms with E-state index in [1.54, 1.807) is 0 Å². The SMILES string of the molecule is CS(=O)(=O)c1cc(F)cc2c3c(n(Cc4ccc(Cl)cc4)c12)[CH]CC3. The Bertz CT molecular complexity index is 1090. The predicted octanol–water partition coefficient (Wildman–Crippen LogP) is 4.38. The first-order valence-electron chi connectivity index (χ1n) is 7.97. The summed E-state index contributed by atoms with van der Waals surface area (Å²) in [7, 11) is -3.56. The van der Waals surface area contributed by atoms with E-state index < -0.39 is 15.7 Å². The lowest BCUT2D eigenvalue weighted by Crippen LogP contribution is -2.07. The summed E-state index contributed by atoms with van der Waals surface area (Å²) in [5.41, 5.74) is 3.60. The van der Waals surface area contributed by atoms with Gasteiger partial charge in [-0.15, -0.1) is 0 Å². The van der Waals surface area contributed by atoms with Crippen LogP contribution in [0.1, 0.15) is 23.2 Å². The minimum Gasteiger partial charge on any atom is -0.339 e. The second kappa shape index (κ2) is 5.85. The topological polar surface area (TPSA) is 39.1 Å². The van der Waals surface area contributed by atoms with Gasteiger partial charge in [0.2, 0.25) is 0 Å². The summed E-state index contributed by atoms with van der Waals surface area (Å²) in [6.45, 7) is 0.508. The minimum atomic E-state index is -3.56. The maximum absolute atomic E-state index is 14.1. The van der Waals surface area contributed by atoms with Crippen LogP contribution in [0.25, 0.3) is 10.9 Å². The number of hydrogen-bond donors (Lipinski definition) is 0. The fourth-order valence-electron chi connectivity index (χ4n) is 3.57. The fourth-order valence-corrected chi connectivity index (χ4v) is 4.60. The second-order valence-electron chi connectivity index (χ2n) is 6.39. The van der Waals surface area contributed by atoms with Crippen LogP contribution in [-0.2, 0) is 22.8 Å². The molecular weight excluding hydrogens is 361 g/mol. The molecule has 1 radical (unpaired) electrons. The van der Waals surface area contributed by atoms with E-state index in [0.717, 1.165) is 42.0 Å². The summed E-state index contributed by atoms with van der Waals surface area (Å²) in [6.07, 6.45) is 4.89. The van der Waals surface area contributed by atoms with Gasteiger partial charge in [0.15, 0.2) is 9.84 Å². The van der Waals surface area contributed by atoms with Crippen LogP contribution in [0.4, 0.5) is 4.39 Å². The maximum Gasteiger partial charge on any atom is 0.177 e. The molecule has 0 N–H and O–H groups in total. The van der Waals surface area contributed by atoms with Gasteiger partial charge in [-0.25, -0.2) is 12.8 Å². The van der Waals surface area contributed by atoms with Gasteiger partial charge in [0.05, 0.1) is 10.4 Å². The van der Waals surface area contributed by atoms with Gasteiger partial charge < -0.3 is 4.57 Å².